The Hall–Kier alpha value is -0.900. The van der Waals surface area contributed by atoms with Crippen LogP contribution in [-0.2, 0) is 18.9 Å². The van der Waals surface area contributed by atoms with Gasteiger partial charge in [-0.05, 0) is 19.3 Å². The third-order valence-corrected chi connectivity index (χ3v) is 2.96. The Morgan fingerprint density at radius 2 is 1.38 bits per heavy atom. The summed E-state index contributed by atoms with van der Waals surface area (Å²) in [6.07, 6.45) is 8.95. The average Bonchev–Trinajstić information content (AvgIpc) is 2.51. The van der Waals surface area contributed by atoms with Crippen molar-refractivity contribution >= 4 is 0 Å². The van der Waals surface area contributed by atoms with E-state index in [1.54, 1.807) is 7.11 Å². The van der Waals surface area contributed by atoms with Crippen LogP contribution >= 0.6 is 0 Å². The van der Waals surface area contributed by atoms with Gasteiger partial charge in [-0.25, -0.2) is 0 Å². The Kier molecular flexibility index (Phi) is 14.8. The van der Waals surface area contributed by atoms with Crippen molar-refractivity contribution in [2.75, 3.05) is 27.1 Å². The molecule has 0 unspecified atom stereocenters. The van der Waals surface area contributed by atoms with Crippen LogP contribution in [-0.4, -0.2) is 27.1 Å². The van der Waals surface area contributed by atoms with Crippen molar-refractivity contribution < 1.29 is 18.9 Å². The van der Waals surface area contributed by atoms with Gasteiger partial charge in [0.2, 0.25) is 0 Å². The van der Waals surface area contributed by atoms with E-state index >= 15 is 0 Å². The second-order valence-electron chi connectivity index (χ2n) is 5.12. The number of unbranched alkanes of at least 4 members (excludes halogenated alkanes) is 4. The zero-order valence-corrected chi connectivity index (χ0v) is 14.4. The van der Waals surface area contributed by atoms with E-state index in [4.69, 9.17) is 18.9 Å². The highest BCUT2D eigenvalue weighted by Gasteiger charge is 2.12. The van der Waals surface area contributed by atoms with Crippen molar-refractivity contribution in [1.29, 1.82) is 0 Å². The van der Waals surface area contributed by atoms with Gasteiger partial charge in [-0.3, -0.25) is 0 Å². The number of methoxy groups -OCH3 is 1. The van der Waals surface area contributed by atoms with Crippen molar-refractivity contribution in [2.45, 2.75) is 72.1 Å². The van der Waals surface area contributed by atoms with Gasteiger partial charge in [0.25, 0.3) is 0 Å². The zero-order chi connectivity index (χ0) is 15.8. The highest BCUT2D eigenvalue weighted by molar-refractivity contribution is 4.95. The number of hydrogen-bond donors (Lipinski definition) is 0. The van der Waals surface area contributed by atoms with E-state index in [0.717, 1.165) is 31.4 Å². The van der Waals surface area contributed by atoms with E-state index < -0.39 is 0 Å². The molecule has 0 saturated carbocycles. The Labute approximate surface area is 130 Å². The second-order valence-corrected chi connectivity index (χ2v) is 5.12. The van der Waals surface area contributed by atoms with Crippen LogP contribution in [0.5, 0.6) is 0 Å². The van der Waals surface area contributed by atoms with Gasteiger partial charge in [-0.1, -0.05) is 46.5 Å². The fraction of sp³-hybridized carbons (Fsp3) is 0.882. The monoisotopic (exact) mass is 302 g/mol. The number of ether oxygens (including phenoxy) is 4. The van der Waals surface area contributed by atoms with E-state index in [9.17, 15) is 0 Å². The van der Waals surface area contributed by atoms with E-state index in [0.29, 0.717) is 19.2 Å². The Balaban J connectivity index is 4.51. The number of hydrogen-bond acceptors (Lipinski definition) is 4. The second kappa shape index (κ2) is 15.5. The van der Waals surface area contributed by atoms with Crippen molar-refractivity contribution in [2.24, 2.45) is 0 Å². The first-order chi connectivity index (χ1) is 10.3. The van der Waals surface area contributed by atoms with Crippen molar-refractivity contribution in [3.05, 3.63) is 11.7 Å². The first-order valence-corrected chi connectivity index (χ1v) is 8.40. The van der Waals surface area contributed by atoms with Crippen LogP contribution < -0.4 is 0 Å². The lowest BCUT2D eigenvalue weighted by Gasteiger charge is -2.17. The molecule has 0 heterocycles. The van der Waals surface area contributed by atoms with Crippen LogP contribution in [0.25, 0.3) is 0 Å². The summed E-state index contributed by atoms with van der Waals surface area (Å²) >= 11 is 0. The molecule has 0 rings (SSSR count). The van der Waals surface area contributed by atoms with Gasteiger partial charge in [0.1, 0.15) is 0 Å². The van der Waals surface area contributed by atoms with Crippen molar-refractivity contribution in [3.8, 4) is 0 Å². The van der Waals surface area contributed by atoms with Gasteiger partial charge in [-0.15, -0.1) is 0 Å². The Bertz CT molecular complexity index is 241. The lowest BCUT2D eigenvalue weighted by molar-refractivity contribution is -0.0686. The van der Waals surface area contributed by atoms with Crippen LogP contribution in [0.3, 0.4) is 0 Å². The van der Waals surface area contributed by atoms with Crippen molar-refractivity contribution in [1.82, 2.24) is 0 Å². The van der Waals surface area contributed by atoms with Crippen LogP contribution in [0, 0.1) is 0 Å². The summed E-state index contributed by atoms with van der Waals surface area (Å²) in [7, 11) is 1.61. The predicted octanol–water partition coefficient (Wildman–Crippen LogP) is 4.99. The molecule has 0 aliphatic rings. The van der Waals surface area contributed by atoms with Crippen LogP contribution in [0.4, 0.5) is 0 Å². The maximum atomic E-state index is 5.83. The molecule has 0 saturated heterocycles. The molecule has 4 heteroatoms. The van der Waals surface area contributed by atoms with E-state index in [1.165, 1.54) is 25.7 Å². The zero-order valence-electron chi connectivity index (χ0n) is 14.4. The maximum Gasteiger partial charge on any atom is 0.321 e. The summed E-state index contributed by atoms with van der Waals surface area (Å²) in [5.74, 6) is 1.33. The molecular formula is C17H34O4. The molecule has 0 N–H and O–H groups in total. The van der Waals surface area contributed by atoms with Gasteiger partial charge < -0.3 is 18.9 Å². The Morgan fingerprint density at radius 1 is 0.714 bits per heavy atom. The molecular weight excluding hydrogens is 268 g/mol. The molecule has 0 aromatic carbocycles. The standard InChI is InChI=1S/C17H34O4/c1-5-8-9-10-11-12-16(19-13-6-2)17(20-14-7-3)21-15-18-4/h5-15H2,1-4H3. The average molecular weight is 302 g/mol. The first-order valence-electron chi connectivity index (χ1n) is 8.40. The third-order valence-electron chi connectivity index (χ3n) is 2.96. The van der Waals surface area contributed by atoms with Gasteiger partial charge in [-0.2, -0.15) is 0 Å². The third kappa shape index (κ3) is 11.4. The van der Waals surface area contributed by atoms with Crippen molar-refractivity contribution in [3.63, 3.8) is 0 Å². The normalized spacial score (nSPS) is 12.0. The maximum absolute atomic E-state index is 5.83. The van der Waals surface area contributed by atoms with Gasteiger partial charge in [0, 0.05) is 13.5 Å². The smallest absolute Gasteiger partial charge is 0.321 e. The summed E-state index contributed by atoms with van der Waals surface area (Å²) in [4.78, 5) is 0. The minimum Gasteiger partial charge on any atom is -0.491 e. The van der Waals surface area contributed by atoms with Crippen LogP contribution in [0.1, 0.15) is 72.1 Å². The fourth-order valence-corrected chi connectivity index (χ4v) is 1.86. The highest BCUT2D eigenvalue weighted by atomic mass is 16.7. The molecule has 21 heavy (non-hydrogen) atoms. The summed E-state index contributed by atoms with van der Waals surface area (Å²) in [5.41, 5.74) is 0. The lowest BCUT2D eigenvalue weighted by Crippen LogP contribution is -2.08. The summed E-state index contributed by atoms with van der Waals surface area (Å²) in [5, 5.41) is 0. The molecule has 0 spiro atoms. The summed E-state index contributed by atoms with van der Waals surface area (Å²) in [6.45, 7) is 7.92. The summed E-state index contributed by atoms with van der Waals surface area (Å²) < 4.78 is 22.0. The molecule has 0 aromatic rings. The largest absolute Gasteiger partial charge is 0.491 e. The number of rotatable bonds is 15. The molecule has 0 bridgehead atoms. The molecule has 126 valence electrons. The highest BCUT2D eigenvalue weighted by Crippen LogP contribution is 2.19. The van der Waals surface area contributed by atoms with E-state index in [-0.39, 0.29) is 6.79 Å². The van der Waals surface area contributed by atoms with Gasteiger partial charge in [0.15, 0.2) is 12.6 Å². The predicted molar refractivity (Wildman–Crippen MR) is 85.8 cm³/mol. The van der Waals surface area contributed by atoms with Crippen LogP contribution in [0.15, 0.2) is 11.7 Å². The molecule has 0 aliphatic carbocycles. The van der Waals surface area contributed by atoms with E-state index in [2.05, 4.69) is 20.8 Å². The fourth-order valence-electron chi connectivity index (χ4n) is 1.86. The quantitative estimate of drug-likeness (QED) is 0.242. The molecule has 0 atom stereocenters. The molecule has 0 fully saturated rings. The molecule has 0 aromatic heterocycles. The lowest BCUT2D eigenvalue weighted by atomic mass is 10.1. The molecule has 0 radical (unpaired) electrons. The SMILES string of the molecule is CCCCCCCC(OCCC)=C(OCCC)OCOC. The topological polar surface area (TPSA) is 36.9 Å². The Morgan fingerprint density at radius 3 is 2.00 bits per heavy atom. The molecule has 0 aliphatic heterocycles. The van der Waals surface area contributed by atoms with Gasteiger partial charge >= 0.3 is 5.95 Å². The molecule has 4 nitrogen and oxygen atoms in total. The number of allylic oxidation sites excluding steroid dienone is 1. The summed E-state index contributed by atoms with van der Waals surface area (Å²) in [6, 6.07) is 0. The minimum atomic E-state index is 0.188. The minimum absolute atomic E-state index is 0.188. The van der Waals surface area contributed by atoms with Gasteiger partial charge in [0.05, 0.1) is 13.2 Å². The van der Waals surface area contributed by atoms with E-state index in [1.807, 2.05) is 0 Å². The molecule has 0 amide bonds. The van der Waals surface area contributed by atoms with Crippen LogP contribution in [0.2, 0.25) is 0 Å². The first kappa shape index (κ1) is 20.1.